The van der Waals surface area contributed by atoms with E-state index in [4.69, 9.17) is 0 Å². The molecular weight excluding hydrogens is 367 g/mol. The van der Waals surface area contributed by atoms with Gasteiger partial charge in [0.2, 0.25) is 0 Å². The first-order valence-corrected chi connectivity index (χ1v) is 7.19. The van der Waals surface area contributed by atoms with Gasteiger partial charge >= 0.3 is 18.0 Å². The third-order valence-electron chi connectivity index (χ3n) is 3.74. The fraction of sp³-hybridized carbons (Fsp3) is 0.250. The van der Waals surface area contributed by atoms with Crippen LogP contribution in [0.15, 0.2) is 58.2 Å². The van der Waals surface area contributed by atoms with E-state index in [1.807, 2.05) is 0 Å². The molecule has 3 rings (SSSR count). The van der Waals surface area contributed by atoms with E-state index >= 15 is 0 Å². The van der Waals surface area contributed by atoms with E-state index < -0.39 is 35.5 Å². The number of benzene rings is 1. The Balaban J connectivity index is 2.29. The molecule has 2 aliphatic rings. The van der Waals surface area contributed by atoms with Crippen molar-refractivity contribution in [3.63, 3.8) is 0 Å². The van der Waals surface area contributed by atoms with Gasteiger partial charge in [-0.1, -0.05) is 6.08 Å². The van der Waals surface area contributed by atoms with E-state index in [2.05, 4.69) is 9.98 Å². The number of fused-ring (bicyclic) bond motifs is 1. The maximum Gasteiger partial charge on any atom is 0.443 e. The first-order chi connectivity index (χ1) is 11.9. The van der Waals surface area contributed by atoms with Gasteiger partial charge in [0, 0.05) is 11.8 Å². The van der Waals surface area contributed by atoms with Crippen LogP contribution >= 0.6 is 0 Å². The van der Waals surface area contributed by atoms with Crippen molar-refractivity contribution in [2.24, 2.45) is 9.98 Å². The highest BCUT2D eigenvalue weighted by molar-refractivity contribution is 6.15. The predicted octanol–water partition coefficient (Wildman–Crippen LogP) is 4.58. The van der Waals surface area contributed by atoms with E-state index in [-0.39, 0.29) is 5.56 Å². The van der Waals surface area contributed by atoms with Gasteiger partial charge in [-0.05, 0) is 42.8 Å². The van der Waals surface area contributed by atoms with Crippen LogP contribution < -0.4 is 0 Å². The van der Waals surface area contributed by atoms with Gasteiger partial charge in [0.25, 0.3) is 0 Å². The molecule has 0 N–H and O–H groups in total. The van der Waals surface area contributed by atoms with Gasteiger partial charge in [-0.2, -0.15) is 26.3 Å². The number of alkyl halides is 6. The van der Waals surface area contributed by atoms with Crippen molar-refractivity contribution in [1.82, 2.24) is 4.90 Å². The standard InChI is InChI=1S/C16H10F7N3/c1-9-2-7-12-24-14(15(18,19)20,16(21,22)23)25-13(26(12)8-9)10-3-5-11(17)6-4-10/h2-8H,1H3. The minimum atomic E-state index is -5.82. The Kier molecular flexibility index (Phi) is 3.97. The number of aliphatic imine (C=N–C) groups is 2. The number of amidine groups is 2. The van der Waals surface area contributed by atoms with Gasteiger partial charge < -0.3 is 0 Å². The fourth-order valence-corrected chi connectivity index (χ4v) is 2.47. The summed E-state index contributed by atoms with van der Waals surface area (Å²) in [5.74, 6) is -1.89. The zero-order valence-electron chi connectivity index (χ0n) is 13.0. The SMILES string of the molecule is CC1=CN2C(=NC(C(F)(F)F)(C(F)(F)F)N=C2c2ccc(F)cc2)C=C1. The lowest BCUT2D eigenvalue weighted by atomic mass is 10.1. The maximum absolute atomic E-state index is 13.4. The molecule has 0 amide bonds. The first-order valence-electron chi connectivity index (χ1n) is 7.19. The summed E-state index contributed by atoms with van der Waals surface area (Å²) in [5, 5.41) is 0. The first kappa shape index (κ1) is 18.2. The van der Waals surface area contributed by atoms with Gasteiger partial charge in [0.05, 0.1) is 0 Å². The topological polar surface area (TPSA) is 28.0 Å². The van der Waals surface area contributed by atoms with Gasteiger partial charge in [-0.3, -0.25) is 4.90 Å². The van der Waals surface area contributed by atoms with Crippen molar-refractivity contribution in [2.75, 3.05) is 0 Å². The second kappa shape index (κ2) is 5.68. The Bertz CT molecular complexity index is 828. The molecule has 0 fully saturated rings. The van der Waals surface area contributed by atoms with Crippen LogP contribution in [0.2, 0.25) is 0 Å². The smallest absolute Gasteiger partial charge is 0.286 e. The molecule has 0 unspecified atom stereocenters. The molecule has 2 heterocycles. The van der Waals surface area contributed by atoms with E-state index in [0.717, 1.165) is 35.2 Å². The minimum absolute atomic E-state index is 0.115. The van der Waals surface area contributed by atoms with Crippen LogP contribution in [0.25, 0.3) is 0 Å². The lowest BCUT2D eigenvalue weighted by Gasteiger charge is -2.38. The van der Waals surface area contributed by atoms with Gasteiger partial charge in [-0.15, -0.1) is 0 Å². The summed E-state index contributed by atoms with van der Waals surface area (Å²) in [6.45, 7) is 1.60. The second-order valence-electron chi connectivity index (χ2n) is 5.66. The molecule has 138 valence electrons. The molecule has 0 atom stereocenters. The molecule has 0 spiro atoms. The number of halogens is 7. The van der Waals surface area contributed by atoms with E-state index in [1.54, 1.807) is 6.92 Å². The molecule has 0 aromatic heterocycles. The molecule has 0 saturated carbocycles. The van der Waals surface area contributed by atoms with Crippen LogP contribution in [0.5, 0.6) is 0 Å². The maximum atomic E-state index is 13.4. The summed E-state index contributed by atoms with van der Waals surface area (Å²) >= 11 is 0. The molecular formula is C16H10F7N3. The fourth-order valence-electron chi connectivity index (χ4n) is 2.47. The van der Waals surface area contributed by atoms with Gasteiger partial charge in [-0.25, -0.2) is 14.4 Å². The zero-order chi connectivity index (χ0) is 19.3. The molecule has 2 aliphatic heterocycles. The molecule has 1 aromatic rings. The highest BCUT2D eigenvalue weighted by Crippen LogP contribution is 2.49. The Morgan fingerprint density at radius 2 is 1.46 bits per heavy atom. The molecule has 26 heavy (non-hydrogen) atoms. The predicted molar refractivity (Wildman–Crippen MR) is 79.9 cm³/mol. The van der Waals surface area contributed by atoms with Crippen molar-refractivity contribution < 1.29 is 30.7 Å². The summed E-state index contributed by atoms with van der Waals surface area (Å²) < 4.78 is 93.7. The molecule has 0 radical (unpaired) electrons. The van der Waals surface area contributed by atoms with Crippen LogP contribution in [0, 0.1) is 5.82 Å². The highest BCUT2D eigenvalue weighted by atomic mass is 19.4. The second-order valence-corrected chi connectivity index (χ2v) is 5.66. The quantitative estimate of drug-likeness (QED) is 0.659. The van der Waals surface area contributed by atoms with Crippen LogP contribution in [0.1, 0.15) is 12.5 Å². The van der Waals surface area contributed by atoms with Gasteiger partial charge in [0.15, 0.2) is 0 Å². The van der Waals surface area contributed by atoms with E-state index in [1.165, 1.54) is 12.3 Å². The summed E-state index contributed by atoms with van der Waals surface area (Å²) in [5.41, 5.74) is -4.19. The Hall–Kier alpha value is -2.65. The normalized spacial score (nSPS) is 19.5. The van der Waals surface area contributed by atoms with Crippen molar-refractivity contribution >= 4 is 11.7 Å². The molecule has 1 aromatic carbocycles. The van der Waals surface area contributed by atoms with Crippen LogP contribution in [-0.4, -0.2) is 34.6 Å². The van der Waals surface area contributed by atoms with Crippen molar-refractivity contribution in [3.05, 3.63) is 59.6 Å². The van der Waals surface area contributed by atoms with E-state index in [9.17, 15) is 30.7 Å². The molecule has 3 nitrogen and oxygen atoms in total. The third kappa shape index (κ3) is 2.78. The summed E-state index contributed by atoms with van der Waals surface area (Å²) in [7, 11) is 0. The molecule has 0 aliphatic carbocycles. The Labute approximate surface area is 142 Å². The number of hydrogen-bond acceptors (Lipinski definition) is 3. The number of hydrogen-bond donors (Lipinski definition) is 0. The summed E-state index contributed by atoms with van der Waals surface area (Å²) in [6.07, 6.45) is -7.96. The van der Waals surface area contributed by atoms with E-state index in [0.29, 0.717) is 5.57 Å². The Morgan fingerprint density at radius 3 is 2.00 bits per heavy atom. The minimum Gasteiger partial charge on any atom is -0.286 e. The lowest BCUT2D eigenvalue weighted by molar-refractivity contribution is -0.292. The van der Waals surface area contributed by atoms with Crippen LogP contribution in [0.4, 0.5) is 30.7 Å². The summed E-state index contributed by atoms with van der Waals surface area (Å²) in [4.78, 5) is 6.90. The highest BCUT2D eigenvalue weighted by Gasteiger charge is 2.73. The Morgan fingerprint density at radius 1 is 0.885 bits per heavy atom. The number of allylic oxidation sites excluding steroid dienone is 2. The third-order valence-corrected chi connectivity index (χ3v) is 3.74. The molecule has 0 bridgehead atoms. The zero-order valence-corrected chi connectivity index (χ0v) is 13.0. The number of nitrogens with zero attached hydrogens (tertiary/aromatic N) is 3. The van der Waals surface area contributed by atoms with Crippen LogP contribution in [0.3, 0.4) is 0 Å². The van der Waals surface area contributed by atoms with Gasteiger partial charge in [0.1, 0.15) is 17.5 Å². The monoisotopic (exact) mass is 377 g/mol. The average Bonchev–Trinajstić information content (AvgIpc) is 2.52. The van der Waals surface area contributed by atoms with Crippen molar-refractivity contribution in [1.29, 1.82) is 0 Å². The largest absolute Gasteiger partial charge is 0.443 e. The van der Waals surface area contributed by atoms with Crippen molar-refractivity contribution in [3.8, 4) is 0 Å². The molecule has 10 heteroatoms. The lowest BCUT2D eigenvalue weighted by Crippen LogP contribution is -2.58. The van der Waals surface area contributed by atoms with Crippen molar-refractivity contribution in [2.45, 2.75) is 24.9 Å². The molecule has 0 saturated heterocycles. The number of rotatable bonds is 1. The van der Waals surface area contributed by atoms with Crippen LogP contribution in [-0.2, 0) is 0 Å². The summed E-state index contributed by atoms with van der Waals surface area (Å²) in [6, 6.07) is 3.94. The average molecular weight is 377 g/mol.